The van der Waals surface area contributed by atoms with Crippen molar-refractivity contribution in [1.82, 2.24) is 4.98 Å². The molecule has 0 fully saturated rings. The summed E-state index contributed by atoms with van der Waals surface area (Å²) in [6.45, 7) is 1.91. The molecule has 0 atom stereocenters. The molecule has 1 heterocycles. The van der Waals surface area contributed by atoms with Crippen LogP contribution in [0.3, 0.4) is 0 Å². The molecule has 0 aliphatic rings. The van der Waals surface area contributed by atoms with Crippen LogP contribution in [0.2, 0.25) is 5.02 Å². The fourth-order valence-corrected chi connectivity index (χ4v) is 2.85. The Balaban J connectivity index is 1.63. The van der Waals surface area contributed by atoms with Crippen molar-refractivity contribution in [2.24, 2.45) is 0 Å². The molecule has 0 radical (unpaired) electrons. The van der Waals surface area contributed by atoms with Crippen molar-refractivity contribution < 1.29 is 18.7 Å². The monoisotopic (exact) mass is 400 g/mol. The number of ether oxygens (including phenoxy) is 2. The molecule has 1 amide bonds. The van der Waals surface area contributed by atoms with E-state index >= 15 is 0 Å². The maximum atomic E-state index is 12.2. The number of benzene rings is 2. The van der Waals surface area contributed by atoms with Crippen LogP contribution in [-0.4, -0.2) is 25.1 Å². The number of nitrogens with zero attached hydrogens (tertiary/aromatic N) is 1. The first-order chi connectivity index (χ1) is 13.5. The predicted octanol–water partition coefficient (Wildman–Crippen LogP) is 4.89. The maximum absolute atomic E-state index is 12.2. The van der Waals surface area contributed by atoms with E-state index in [0.29, 0.717) is 40.3 Å². The summed E-state index contributed by atoms with van der Waals surface area (Å²) in [7, 11) is 3.17. The molecule has 1 aromatic heterocycles. The van der Waals surface area contributed by atoms with Crippen molar-refractivity contribution in [2.45, 2.75) is 19.8 Å². The molecule has 0 saturated carbocycles. The molecule has 3 rings (SSSR count). The third kappa shape index (κ3) is 4.64. The number of halogens is 1. The van der Waals surface area contributed by atoms with Crippen molar-refractivity contribution in [3.8, 4) is 22.8 Å². The van der Waals surface area contributed by atoms with Crippen LogP contribution in [-0.2, 0) is 11.2 Å². The van der Waals surface area contributed by atoms with E-state index in [4.69, 9.17) is 25.5 Å². The zero-order chi connectivity index (χ0) is 20.1. The maximum Gasteiger partial charge on any atom is 0.224 e. The number of carbonyl (C=O) groups excluding carboxylic acids is 1. The Bertz CT molecular complexity index is 984. The average molecular weight is 401 g/mol. The minimum atomic E-state index is -0.137. The Kier molecular flexibility index (Phi) is 6.21. The Hall–Kier alpha value is -2.99. The van der Waals surface area contributed by atoms with Crippen molar-refractivity contribution in [3.63, 3.8) is 0 Å². The number of hydrogen-bond acceptors (Lipinski definition) is 5. The van der Waals surface area contributed by atoms with Crippen LogP contribution in [0.1, 0.15) is 17.9 Å². The Morgan fingerprint density at radius 1 is 1.18 bits per heavy atom. The topological polar surface area (TPSA) is 73.6 Å². The first-order valence-electron chi connectivity index (χ1n) is 8.73. The fraction of sp³-hybridized carbons (Fsp3) is 0.238. The van der Waals surface area contributed by atoms with E-state index in [2.05, 4.69) is 10.3 Å². The minimum absolute atomic E-state index is 0.137. The van der Waals surface area contributed by atoms with Gasteiger partial charge in [0.25, 0.3) is 0 Å². The van der Waals surface area contributed by atoms with Gasteiger partial charge in [0.05, 0.1) is 26.0 Å². The summed E-state index contributed by atoms with van der Waals surface area (Å²) in [6, 6.07) is 10.8. The van der Waals surface area contributed by atoms with Crippen LogP contribution in [0, 0.1) is 6.92 Å². The second-order valence-corrected chi connectivity index (χ2v) is 6.60. The lowest BCUT2D eigenvalue weighted by Crippen LogP contribution is -2.12. The first-order valence-corrected chi connectivity index (χ1v) is 9.11. The fourth-order valence-electron chi connectivity index (χ4n) is 2.67. The van der Waals surface area contributed by atoms with Crippen LogP contribution in [0.15, 0.2) is 47.0 Å². The van der Waals surface area contributed by atoms with Crippen LogP contribution in [0.5, 0.6) is 11.5 Å². The van der Waals surface area contributed by atoms with Gasteiger partial charge in [0.2, 0.25) is 5.91 Å². The first kappa shape index (κ1) is 19.8. The van der Waals surface area contributed by atoms with Gasteiger partial charge in [-0.05, 0) is 36.8 Å². The molecule has 0 saturated heterocycles. The van der Waals surface area contributed by atoms with E-state index in [1.807, 2.05) is 31.2 Å². The summed E-state index contributed by atoms with van der Waals surface area (Å²) in [5.41, 5.74) is 2.39. The highest BCUT2D eigenvalue weighted by Gasteiger charge is 2.14. The van der Waals surface area contributed by atoms with E-state index in [0.717, 1.165) is 11.1 Å². The highest BCUT2D eigenvalue weighted by molar-refractivity contribution is 6.31. The van der Waals surface area contributed by atoms with Crippen molar-refractivity contribution in [3.05, 3.63) is 59.1 Å². The molecule has 1 N–H and O–H groups in total. The number of hydrogen-bond donors (Lipinski definition) is 1. The van der Waals surface area contributed by atoms with Gasteiger partial charge in [-0.1, -0.05) is 17.7 Å². The molecule has 28 heavy (non-hydrogen) atoms. The molecule has 0 aliphatic carbocycles. The number of nitrogens with one attached hydrogen (secondary N) is 1. The van der Waals surface area contributed by atoms with E-state index in [-0.39, 0.29) is 12.3 Å². The zero-order valence-corrected chi connectivity index (χ0v) is 16.7. The molecule has 0 aliphatic heterocycles. The highest BCUT2D eigenvalue weighted by Crippen LogP contribution is 2.33. The number of aryl methyl sites for hydroxylation is 2. The average Bonchev–Trinajstić information content (AvgIpc) is 3.17. The molecule has 2 aromatic carbocycles. The summed E-state index contributed by atoms with van der Waals surface area (Å²) in [6.07, 6.45) is 2.24. The van der Waals surface area contributed by atoms with E-state index in [1.54, 1.807) is 32.5 Å². The molecule has 6 nitrogen and oxygen atoms in total. The number of rotatable bonds is 7. The normalized spacial score (nSPS) is 10.6. The number of aromatic nitrogens is 1. The molecule has 0 spiro atoms. The number of methoxy groups -OCH3 is 2. The van der Waals surface area contributed by atoms with Crippen molar-refractivity contribution >= 4 is 23.2 Å². The molecule has 146 valence electrons. The SMILES string of the molecule is COc1ccc(-c2cnc(CCC(=O)Nc3ccc(C)c(Cl)c3)o2)c(OC)c1. The number of anilines is 1. The van der Waals surface area contributed by atoms with Crippen LogP contribution in [0.25, 0.3) is 11.3 Å². The smallest absolute Gasteiger partial charge is 0.224 e. The lowest BCUT2D eigenvalue weighted by Gasteiger charge is -2.08. The van der Waals surface area contributed by atoms with Gasteiger partial charge in [0, 0.05) is 29.6 Å². The Morgan fingerprint density at radius 2 is 2.00 bits per heavy atom. The molecular formula is C21H21ClN2O4. The van der Waals surface area contributed by atoms with Gasteiger partial charge in [-0.3, -0.25) is 4.79 Å². The van der Waals surface area contributed by atoms with Gasteiger partial charge >= 0.3 is 0 Å². The summed E-state index contributed by atoms with van der Waals surface area (Å²) in [5.74, 6) is 2.22. The van der Waals surface area contributed by atoms with Gasteiger partial charge < -0.3 is 19.2 Å². The number of oxazole rings is 1. The zero-order valence-electron chi connectivity index (χ0n) is 15.9. The molecule has 3 aromatic rings. The highest BCUT2D eigenvalue weighted by atomic mass is 35.5. The largest absolute Gasteiger partial charge is 0.497 e. The summed E-state index contributed by atoms with van der Waals surface area (Å²) in [4.78, 5) is 16.4. The van der Waals surface area contributed by atoms with Gasteiger partial charge in [-0.25, -0.2) is 4.98 Å². The van der Waals surface area contributed by atoms with Crippen molar-refractivity contribution in [2.75, 3.05) is 19.5 Å². The Morgan fingerprint density at radius 3 is 2.71 bits per heavy atom. The van der Waals surface area contributed by atoms with Crippen LogP contribution in [0.4, 0.5) is 5.69 Å². The van der Waals surface area contributed by atoms with Gasteiger partial charge in [0.1, 0.15) is 11.5 Å². The summed E-state index contributed by atoms with van der Waals surface area (Å²) < 4.78 is 16.4. The number of amides is 1. The molecule has 0 unspecified atom stereocenters. The lowest BCUT2D eigenvalue weighted by molar-refractivity contribution is -0.116. The summed E-state index contributed by atoms with van der Waals surface area (Å²) in [5, 5.41) is 3.44. The van der Waals surface area contributed by atoms with E-state index in [1.165, 1.54) is 0 Å². The number of carbonyl (C=O) groups is 1. The van der Waals surface area contributed by atoms with Crippen molar-refractivity contribution in [1.29, 1.82) is 0 Å². The van der Waals surface area contributed by atoms with Gasteiger partial charge in [-0.15, -0.1) is 0 Å². The van der Waals surface area contributed by atoms with Gasteiger partial charge in [0.15, 0.2) is 11.7 Å². The quantitative estimate of drug-likeness (QED) is 0.611. The molecule has 0 bridgehead atoms. The van der Waals surface area contributed by atoms with Crippen LogP contribution < -0.4 is 14.8 Å². The van der Waals surface area contributed by atoms with Gasteiger partial charge in [-0.2, -0.15) is 0 Å². The third-order valence-electron chi connectivity index (χ3n) is 4.25. The Labute approximate surface area is 168 Å². The van der Waals surface area contributed by atoms with E-state index < -0.39 is 0 Å². The lowest BCUT2D eigenvalue weighted by atomic mass is 10.1. The predicted molar refractivity (Wildman–Crippen MR) is 108 cm³/mol. The van der Waals surface area contributed by atoms with E-state index in [9.17, 15) is 4.79 Å². The third-order valence-corrected chi connectivity index (χ3v) is 4.66. The standard InChI is InChI=1S/C21H21ClN2O4/c1-13-4-5-14(10-17(13)22)24-20(25)8-9-21-23-12-19(28-21)16-7-6-15(26-2)11-18(16)27-3/h4-7,10-12H,8-9H2,1-3H3,(H,24,25). The minimum Gasteiger partial charge on any atom is -0.497 e. The molecule has 7 heteroatoms. The second kappa shape index (κ2) is 8.80. The second-order valence-electron chi connectivity index (χ2n) is 6.20. The molecular weight excluding hydrogens is 380 g/mol. The van der Waals surface area contributed by atoms with Crippen LogP contribution >= 0.6 is 11.6 Å². The summed E-state index contributed by atoms with van der Waals surface area (Å²) >= 11 is 6.08.